The molecule has 11 aromatic rings. The fraction of sp³-hybridized carbons (Fsp3) is 0. The molecule has 8 aromatic carbocycles. The Morgan fingerprint density at radius 2 is 1.10 bits per heavy atom. The Kier molecular flexibility index (Phi) is 5.38. The van der Waals surface area contributed by atoms with Gasteiger partial charge in [-0.05, 0) is 118 Å². The van der Waals surface area contributed by atoms with Crippen molar-refractivity contribution < 1.29 is 4.42 Å². The first-order chi connectivity index (χ1) is 24.3. The molecule has 0 spiro atoms. The molecule has 0 bridgehead atoms. The van der Waals surface area contributed by atoms with E-state index in [4.69, 9.17) is 4.42 Å². The maximum absolute atomic E-state index is 6.46. The van der Waals surface area contributed by atoms with Gasteiger partial charge in [-0.3, -0.25) is 0 Å². The Morgan fingerprint density at radius 3 is 1.96 bits per heavy atom. The van der Waals surface area contributed by atoms with Gasteiger partial charge in [0.05, 0.1) is 16.6 Å². The van der Waals surface area contributed by atoms with Crippen molar-refractivity contribution in [2.24, 2.45) is 0 Å². The molecule has 3 nitrogen and oxygen atoms in total. The molecule has 0 atom stereocenters. The van der Waals surface area contributed by atoms with E-state index in [1.807, 2.05) is 6.07 Å². The first-order valence-electron chi connectivity index (χ1n) is 16.8. The van der Waals surface area contributed by atoms with E-state index >= 15 is 0 Å². The van der Waals surface area contributed by atoms with Crippen LogP contribution >= 0.6 is 0 Å². The lowest BCUT2D eigenvalue weighted by atomic mass is 9.91. The summed E-state index contributed by atoms with van der Waals surface area (Å²) in [4.78, 5) is 0. The van der Waals surface area contributed by atoms with Crippen LogP contribution in [0.3, 0.4) is 0 Å². The number of benzene rings is 8. The predicted octanol–water partition coefficient (Wildman–Crippen LogP) is 12.6. The highest BCUT2D eigenvalue weighted by Crippen LogP contribution is 2.43. The third kappa shape index (κ3) is 3.84. The number of hydrogen-bond donors (Lipinski definition) is 0. The van der Waals surface area contributed by atoms with Gasteiger partial charge in [-0.1, -0.05) is 78.9 Å². The lowest BCUT2D eigenvalue weighted by Crippen LogP contribution is -1.93. The summed E-state index contributed by atoms with van der Waals surface area (Å²) in [6.07, 6.45) is 2.18. The second kappa shape index (κ2) is 9.96. The Balaban J connectivity index is 1.24. The molecule has 0 fully saturated rings. The van der Waals surface area contributed by atoms with Gasteiger partial charge >= 0.3 is 0 Å². The highest BCUT2D eigenvalue weighted by atomic mass is 16.3. The van der Waals surface area contributed by atoms with Gasteiger partial charge in [-0.15, -0.1) is 0 Å². The molecular weight excluding hydrogens is 597 g/mol. The SMILES string of the molecule is c1ccc(-n2ccc3cc4cc(-c5ccc6c(c5)c5ccccc5n6-c5ccccc5)c5cc6c(cc5c4cc32)oc2ccccc26)cc1. The molecule has 0 unspecified atom stereocenters. The summed E-state index contributed by atoms with van der Waals surface area (Å²) in [7, 11) is 0. The largest absolute Gasteiger partial charge is 0.456 e. The highest BCUT2D eigenvalue weighted by molar-refractivity contribution is 6.22. The molecule has 0 N–H and O–H groups in total. The Bertz CT molecular complexity index is 3090. The normalized spacial score (nSPS) is 12.1. The summed E-state index contributed by atoms with van der Waals surface area (Å²) in [5.41, 5.74) is 10.2. The Labute approximate surface area is 281 Å². The van der Waals surface area contributed by atoms with E-state index in [1.54, 1.807) is 0 Å². The van der Waals surface area contributed by atoms with Gasteiger partial charge in [0.25, 0.3) is 0 Å². The van der Waals surface area contributed by atoms with Crippen molar-refractivity contribution in [1.82, 2.24) is 9.13 Å². The summed E-state index contributed by atoms with van der Waals surface area (Å²) in [5.74, 6) is 0. The summed E-state index contributed by atoms with van der Waals surface area (Å²) < 4.78 is 11.1. The maximum Gasteiger partial charge on any atom is 0.136 e. The molecule has 0 aliphatic carbocycles. The van der Waals surface area contributed by atoms with Gasteiger partial charge in [0.2, 0.25) is 0 Å². The van der Waals surface area contributed by atoms with Gasteiger partial charge < -0.3 is 13.6 Å². The van der Waals surface area contributed by atoms with Crippen LogP contribution in [-0.2, 0) is 0 Å². The number of hydrogen-bond acceptors (Lipinski definition) is 1. The lowest BCUT2D eigenvalue weighted by molar-refractivity contribution is 0.669. The van der Waals surface area contributed by atoms with Crippen molar-refractivity contribution in [3.05, 3.63) is 170 Å². The summed E-state index contributed by atoms with van der Waals surface area (Å²) in [6, 6.07) is 59.2. The van der Waals surface area contributed by atoms with Crippen LogP contribution in [0.15, 0.2) is 174 Å². The minimum absolute atomic E-state index is 0.909. The average Bonchev–Trinajstić information content (AvgIpc) is 3.84. The van der Waals surface area contributed by atoms with Crippen molar-refractivity contribution in [3.8, 4) is 22.5 Å². The molecule has 11 rings (SSSR count). The maximum atomic E-state index is 6.46. The topological polar surface area (TPSA) is 23.0 Å². The zero-order valence-corrected chi connectivity index (χ0v) is 26.5. The number of aromatic nitrogens is 2. The Hall–Kier alpha value is -6.58. The van der Waals surface area contributed by atoms with Crippen molar-refractivity contribution in [3.63, 3.8) is 0 Å². The number of nitrogens with zero attached hydrogens (tertiary/aromatic N) is 2. The van der Waals surface area contributed by atoms with Crippen LogP contribution in [0.1, 0.15) is 0 Å². The molecule has 3 heterocycles. The molecular formula is C46H28N2O. The van der Waals surface area contributed by atoms with Crippen molar-refractivity contribution in [2.75, 3.05) is 0 Å². The van der Waals surface area contributed by atoms with Gasteiger partial charge in [-0.25, -0.2) is 0 Å². The van der Waals surface area contributed by atoms with E-state index < -0.39 is 0 Å². The molecule has 0 radical (unpaired) electrons. The van der Waals surface area contributed by atoms with Crippen LogP contribution in [0.4, 0.5) is 0 Å². The van der Waals surface area contributed by atoms with Crippen LogP contribution in [0.25, 0.3) is 98.7 Å². The highest BCUT2D eigenvalue weighted by Gasteiger charge is 2.18. The van der Waals surface area contributed by atoms with E-state index in [-0.39, 0.29) is 0 Å². The van der Waals surface area contributed by atoms with Crippen molar-refractivity contribution in [1.29, 1.82) is 0 Å². The molecule has 0 saturated heterocycles. The molecule has 3 aromatic heterocycles. The second-order valence-electron chi connectivity index (χ2n) is 13.0. The van der Waals surface area contributed by atoms with Crippen LogP contribution in [0.2, 0.25) is 0 Å². The summed E-state index contributed by atoms with van der Waals surface area (Å²) in [5, 5.41) is 10.8. The first kappa shape index (κ1) is 26.5. The molecule has 0 aliphatic rings. The van der Waals surface area contributed by atoms with Crippen LogP contribution in [0, 0.1) is 0 Å². The third-order valence-corrected chi connectivity index (χ3v) is 10.3. The van der Waals surface area contributed by atoms with Gasteiger partial charge in [0.15, 0.2) is 0 Å². The molecule has 49 heavy (non-hydrogen) atoms. The van der Waals surface area contributed by atoms with Gasteiger partial charge in [-0.2, -0.15) is 0 Å². The van der Waals surface area contributed by atoms with Crippen LogP contribution in [0.5, 0.6) is 0 Å². The van der Waals surface area contributed by atoms with Gasteiger partial charge in [0.1, 0.15) is 11.2 Å². The van der Waals surface area contributed by atoms with E-state index in [9.17, 15) is 0 Å². The number of furan rings is 1. The van der Waals surface area contributed by atoms with E-state index in [1.165, 1.54) is 71.1 Å². The lowest BCUT2D eigenvalue weighted by Gasteiger charge is -2.14. The fourth-order valence-corrected chi connectivity index (χ4v) is 8.05. The molecule has 0 saturated carbocycles. The molecule has 0 amide bonds. The quantitative estimate of drug-likeness (QED) is 0.179. The summed E-state index contributed by atoms with van der Waals surface area (Å²) in [6.45, 7) is 0. The second-order valence-corrected chi connectivity index (χ2v) is 13.0. The monoisotopic (exact) mass is 624 g/mol. The Morgan fingerprint density at radius 1 is 0.367 bits per heavy atom. The standard InChI is InChI=1S/C46H28N2O/c1-3-11-32(12-4-1)47-22-21-30-23-31-25-36(38-26-41-35-16-8-10-18-45(35)49-46(41)28-39(38)37(31)27-44(30)47)29-19-20-43-40(24-29)34-15-7-9-17-42(34)48(43)33-13-5-2-6-14-33/h1-28H. The first-order valence-corrected chi connectivity index (χ1v) is 16.8. The average molecular weight is 625 g/mol. The van der Waals surface area contributed by atoms with Crippen molar-refractivity contribution in [2.45, 2.75) is 0 Å². The van der Waals surface area contributed by atoms with Crippen molar-refractivity contribution >= 4 is 76.2 Å². The molecule has 3 heteroatoms. The fourth-order valence-electron chi connectivity index (χ4n) is 8.05. The number of fused-ring (bicyclic) bond motifs is 10. The predicted molar refractivity (Wildman–Crippen MR) is 205 cm³/mol. The minimum Gasteiger partial charge on any atom is -0.456 e. The summed E-state index contributed by atoms with van der Waals surface area (Å²) >= 11 is 0. The zero-order valence-electron chi connectivity index (χ0n) is 26.5. The van der Waals surface area contributed by atoms with E-state index in [2.05, 4.69) is 173 Å². The van der Waals surface area contributed by atoms with E-state index in [0.717, 1.165) is 27.6 Å². The van der Waals surface area contributed by atoms with Crippen LogP contribution < -0.4 is 0 Å². The minimum atomic E-state index is 0.909. The van der Waals surface area contributed by atoms with E-state index in [0.29, 0.717) is 0 Å². The molecule has 228 valence electrons. The number of para-hydroxylation sites is 4. The van der Waals surface area contributed by atoms with Crippen LogP contribution in [-0.4, -0.2) is 9.13 Å². The number of rotatable bonds is 3. The third-order valence-electron chi connectivity index (χ3n) is 10.3. The molecule has 0 aliphatic heterocycles. The smallest absolute Gasteiger partial charge is 0.136 e. The van der Waals surface area contributed by atoms with Gasteiger partial charge in [0, 0.05) is 44.5 Å². The zero-order chi connectivity index (χ0) is 32.1.